The number of nitrogens with zero attached hydrogens (tertiary/aromatic N) is 4. The number of ketones is 1. The molecular formula is C26H20N4OS. The number of hydrogen-bond acceptors (Lipinski definition) is 5. The summed E-state index contributed by atoms with van der Waals surface area (Å²) >= 11 is 1.34. The molecule has 0 saturated carbocycles. The second kappa shape index (κ2) is 7.57. The third-order valence-corrected chi connectivity index (χ3v) is 6.96. The Hall–Kier alpha value is -3.51. The zero-order valence-corrected chi connectivity index (χ0v) is 18.4. The van der Waals surface area contributed by atoms with E-state index >= 15 is 0 Å². The van der Waals surface area contributed by atoms with Crippen LogP contribution in [0.2, 0.25) is 0 Å². The molecule has 0 spiro atoms. The van der Waals surface area contributed by atoms with Gasteiger partial charge in [-0.15, -0.1) is 10.2 Å². The van der Waals surface area contributed by atoms with Crippen molar-refractivity contribution in [3.8, 4) is 11.1 Å². The van der Waals surface area contributed by atoms with Gasteiger partial charge in [0.05, 0.1) is 11.3 Å². The average Bonchev–Trinajstić information content (AvgIpc) is 3.36. The summed E-state index contributed by atoms with van der Waals surface area (Å²) < 4.78 is 2.14. The third-order valence-electron chi connectivity index (χ3n) is 6.12. The first-order valence-electron chi connectivity index (χ1n) is 10.7. The Morgan fingerprint density at radius 1 is 0.969 bits per heavy atom. The lowest BCUT2D eigenvalue weighted by Crippen LogP contribution is -2.05. The van der Waals surface area contributed by atoms with Gasteiger partial charge in [0, 0.05) is 17.5 Å². The second-order valence-electron chi connectivity index (χ2n) is 7.95. The van der Waals surface area contributed by atoms with Gasteiger partial charge in [-0.1, -0.05) is 66.4 Å². The molecule has 0 radical (unpaired) electrons. The molecule has 2 heterocycles. The quantitative estimate of drug-likeness (QED) is 0.262. The number of benzene rings is 3. The van der Waals surface area contributed by atoms with Crippen molar-refractivity contribution in [2.75, 3.05) is 5.75 Å². The van der Waals surface area contributed by atoms with E-state index in [0.717, 1.165) is 40.6 Å². The minimum absolute atomic E-state index is 0.0773. The molecule has 6 rings (SSSR count). The third kappa shape index (κ3) is 3.02. The summed E-state index contributed by atoms with van der Waals surface area (Å²) in [5, 5.41) is 10.3. The molecule has 1 aliphatic carbocycles. The Kier molecular flexibility index (Phi) is 4.54. The van der Waals surface area contributed by atoms with Gasteiger partial charge < -0.3 is 4.57 Å². The predicted molar refractivity (Wildman–Crippen MR) is 128 cm³/mol. The van der Waals surface area contributed by atoms with E-state index in [4.69, 9.17) is 4.98 Å². The number of fused-ring (bicyclic) bond motifs is 6. The number of para-hydroxylation sites is 1. The van der Waals surface area contributed by atoms with Gasteiger partial charge in [-0.2, -0.15) is 0 Å². The summed E-state index contributed by atoms with van der Waals surface area (Å²) in [6, 6.07) is 22.6. The van der Waals surface area contributed by atoms with E-state index in [0.29, 0.717) is 5.16 Å². The fourth-order valence-corrected chi connectivity index (χ4v) is 5.28. The van der Waals surface area contributed by atoms with E-state index in [1.165, 1.54) is 34.0 Å². The van der Waals surface area contributed by atoms with Crippen LogP contribution in [0.15, 0.2) is 71.9 Å². The van der Waals surface area contributed by atoms with Crippen LogP contribution in [0.4, 0.5) is 0 Å². The number of aromatic nitrogens is 4. The van der Waals surface area contributed by atoms with Gasteiger partial charge in [-0.3, -0.25) is 4.79 Å². The maximum Gasteiger partial charge on any atom is 0.211 e. The fraction of sp³-hybridized carbons (Fsp3) is 0.154. The van der Waals surface area contributed by atoms with Crippen molar-refractivity contribution in [3.05, 3.63) is 83.4 Å². The fourth-order valence-electron chi connectivity index (χ4n) is 4.60. The summed E-state index contributed by atoms with van der Waals surface area (Å²) in [5.74, 6) is 0.360. The van der Waals surface area contributed by atoms with Gasteiger partial charge in [0.1, 0.15) is 5.52 Å². The first-order valence-corrected chi connectivity index (χ1v) is 11.7. The van der Waals surface area contributed by atoms with Crippen LogP contribution in [0.3, 0.4) is 0 Å². The van der Waals surface area contributed by atoms with Crippen molar-refractivity contribution >= 4 is 39.6 Å². The van der Waals surface area contributed by atoms with Gasteiger partial charge >= 0.3 is 0 Å². The lowest BCUT2D eigenvalue weighted by atomic mass is 10.0. The molecule has 6 heteroatoms. The molecule has 0 N–H and O–H groups in total. The Morgan fingerprint density at radius 2 is 1.78 bits per heavy atom. The molecule has 2 aromatic heterocycles. The second-order valence-corrected chi connectivity index (χ2v) is 8.89. The summed E-state index contributed by atoms with van der Waals surface area (Å²) in [6.45, 7) is 2.89. The lowest BCUT2D eigenvalue weighted by Gasteiger charge is -2.05. The SMILES string of the molecule is CCn1c2ccccc2c2nnc(SCC(=O)c3ccc4c(c3)Cc3ccccc3-4)nc21. The van der Waals surface area contributed by atoms with E-state index in [1.54, 1.807) is 0 Å². The maximum atomic E-state index is 12.9. The van der Waals surface area contributed by atoms with E-state index in [-0.39, 0.29) is 11.5 Å². The molecule has 0 amide bonds. The maximum absolute atomic E-state index is 12.9. The molecule has 0 fully saturated rings. The zero-order valence-electron chi connectivity index (χ0n) is 17.6. The highest BCUT2D eigenvalue weighted by molar-refractivity contribution is 7.99. The number of carbonyl (C=O) groups is 1. The van der Waals surface area contributed by atoms with Crippen molar-refractivity contribution in [2.45, 2.75) is 25.0 Å². The predicted octanol–water partition coefficient (Wildman–Crippen LogP) is 5.55. The van der Waals surface area contributed by atoms with Crippen LogP contribution in [-0.4, -0.2) is 31.3 Å². The molecule has 156 valence electrons. The smallest absolute Gasteiger partial charge is 0.211 e. The monoisotopic (exact) mass is 436 g/mol. The minimum Gasteiger partial charge on any atom is -0.324 e. The highest BCUT2D eigenvalue weighted by Crippen LogP contribution is 2.37. The van der Waals surface area contributed by atoms with Crippen LogP contribution in [0.25, 0.3) is 33.2 Å². The number of aryl methyl sites for hydroxylation is 1. The molecule has 0 aliphatic heterocycles. The molecule has 3 aromatic carbocycles. The molecule has 0 saturated heterocycles. The number of carbonyl (C=O) groups excluding carboxylic acids is 1. The molecule has 5 nitrogen and oxygen atoms in total. The van der Waals surface area contributed by atoms with Crippen molar-refractivity contribution in [1.29, 1.82) is 0 Å². The van der Waals surface area contributed by atoms with Crippen LogP contribution in [0, 0.1) is 0 Å². The Balaban J connectivity index is 1.25. The largest absolute Gasteiger partial charge is 0.324 e. The van der Waals surface area contributed by atoms with Crippen LogP contribution in [0.1, 0.15) is 28.4 Å². The van der Waals surface area contributed by atoms with Crippen molar-refractivity contribution < 1.29 is 4.79 Å². The molecule has 0 bridgehead atoms. The Bertz CT molecular complexity index is 1520. The van der Waals surface area contributed by atoms with Crippen LogP contribution < -0.4 is 0 Å². The van der Waals surface area contributed by atoms with E-state index in [9.17, 15) is 4.79 Å². The summed E-state index contributed by atoms with van der Waals surface area (Å²) in [5.41, 5.74) is 8.50. The van der Waals surface area contributed by atoms with E-state index in [2.05, 4.69) is 58.1 Å². The van der Waals surface area contributed by atoms with E-state index in [1.807, 2.05) is 30.3 Å². The first kappa shape index (κ1) is 19.2. The van der Waals surface area contributed by atoms with Crippen LogP contribution in [-0.2, 0) is 13.0 Å². The Labute approximate surface area is 189 Å². The molecular weight excluding hydrogens is 416 g/mol. The van der Waals surface area contributed by atoms with Gasteiger partial charge in [-0.25, -0.2) is 4.98 Å². The van der Waals surface area contributed by atoms with Crippen molar-refractivity contribution in [2.24, 2.45) is 0 Å². The normalized spacial score (nSPS) is 12.3. The Morgan fingerprint density at radius 3 is 2.69 bits per heavy atom. The standard InChI is InChI=1S/C26H20N4OS/c1-2-30-22-10-6-5-9-21(22)24-25(30)27-26(29-28-24)32-15-23(31)17-11-12-20-18(14-17)13-16-7-3-4-8-19(16)20/h3-12,14H,2,13,15H2,1H3. The average molecular weight is 437 g/mol. The summed E-state index contributed by atoms with van der Waals surface area (Å²) in [4.78, 5) is 17.7. The first-order chi connectivity index (χ1) is 15.7. The van der Waals surface area contributed by atoms with Gasteiger partial charge in [-0.05, 0) is 47.7 Å². The van der Waals surface area contributed by atoms with E-state index < -0.39 is 0 Å². The molecule has 0 unspecified atom stereocenters. The lowest BCUT2D eigenvalue weighted by molar-refractivity contribution is 0.102. The van der Waals surface area contributed by atoms with Gasteiger partial charge in [0.2, 0.25) is 5.16 Å². The molecule has 32 heavy (non-hydrogen) atoms. The summed E-state index contributed by atoms with van der Waals surface area (Å²) in [6.07, 6.45) is 0.880. The van der Waals surface area contributed by atoms with Gasteiger partial charge in [0.15, 0.2) is 11.4 Å². The highest BCUT2D eigenvalue weighted by atomic mass is 32.2. The topological polar surface area (TPSA) is 60.7 Å². The molecule has 5 aromatic rings. The van der Waals surface area contributed by atoms with Gasteiger partial charge in [0.25, 0.3) is 0 Å². The van der Waals surface area contributed by atoms with Crippen LogP contribution in [0.5, 0.6) is 0 Å². The number of thioether (sulfide) groups is 1. The minimum atomic E-state index is 0.0773. The number of Topliss-reactive ketones (excluding diaryl/α,β-unsaturated/α-hetero) is 1. The van der Waals surface area contributed by atoms with Crippen molar-refractivity contribution in [1.82, 2.24) is 19.7 Å². The summed E-state index contributed by atoms with van der Waals surface area (Å²) in [7, 11) is 0. The van der Waals surface area contributed by atoms with Crippen LogP contribution >= 0.6 is 11.8 Å². The molecule has 1 aliphatic rings. The van der Waals surface area contributed by atoms with Crippen molar-refractivity contribution in [3.63, 3.8) is 0 Å². The number of hydrogen-bond donors (Lipinski definition) is 0. The molecule has 0 atom stereocenters. The zero-order chi connectivity index (χ0) is 21.7. The highest BCUT2D eigenvalue weighted by Gasteiger charge is 2.20. The number of rotatable bonds is 5.